The number of carbonyl (C=O) groups excluding carboxylic acids is 2. The molecule has 0 saturated carbocycles. The standard InChI is InChI=1S/C18H29N3O3.ClH/c1-11(2)17(19)18(23)20-10-16(22)21-13(5)14-6-8-15(9-7-14)24-12(3)4;/h6-9,11-13,17H,10,19H2,1-5H3,(H,20,23)(H,21,22);1H/t13?,17-;/m0./s1. The zero-order valence-corrected chi connectivity index (χ0v) is 16.4. The number of benzene rings is 1. The molecule has 0 heterocycles. The van der Waals surface area contributed by atoms with Crippen molar-refractivity contribution in [2.24, 2.45) is 11.7 Å². The van der Waals surface area contributed by atoms with Gasteiger partial charge in [-0.25, -0.2) is 0 Å². The molecule has 25 heavy (non-hydrogen) atoms. The molecule has 1 aromatic carbocycles. The van der Waals surface area contributed by atoms with Crippen LogP contribution in [0.2, 0.25) is 0 Å². The van der Waals surface area contributed by atoms with E-state index in [0.717, 1.165) is 11.3 Å². The van der Waals surface area contributed by atoms with Crippen LogP contribution in [0.15, 0.2) is 24.3 Å². The van der Waals surface area contributed by atoms with Crippen LogP contribution in [0.5, 0.6) is 5.75 Å². The van der Waals surface area contributed by atoms with Gasteiger partial charge < -0.3 is 21.1 Å². The maximum Gasteiger partial charge on any atom is 0.239 e. The smallest absolute Gasteiger partial charge is 0.239 e. The third-order valence-corrected chi connectivity index (χ3v) is 3.57. The SMILES string of the molecule is CC(C)Oc1ccc(C(C)NC(=O)CNC(=O)[C@@H](N)C(C)C)cc1.Cl. The van der Waals surface area contributed by atoms with Crippen molar-refractivity contribution in [2.45, 2.75) is 52.8 Å². The van der Waals surface area contributed by atoms with Crippen molar-refractivity contribution in [3.63, 3.8) is 0 Å². The molecular weight excluding hydrogens is 342 g/mol. The molecule has 1 rings (SSSR count). The van der Waals surface area contributed by atoms with Crippen molar-refractivity contribution in [1.29, 1.82) is 0 Å². The number of amides is 2. The van der Waals surface area contributed by atoms with Gasteiger partial charge in [0.05, 0.1) is 24.7 Å². The first-order valence-electron chi connectivity index (χ1n) is 8.30. The lowest BCUT2D eigenvalue weighted by atomic mass is 10.1. The first kappa shape index (κ1) is 23.2. The van der Waals surface area contributed by atoms with Gasteiger partial charge in [0.25, 0.3) is 0 Å². The summed E-state index contributed by atoms with van der Waals surface area (Å²) in [5.74, 6) is 0.248. The number of nitrogens with one attached hydrogen (secondary N) is 2. The summed E-state index contributed by atoms with van der Waals surface area (Å²) < 4.78 is 5.59. The van der Waals surface area contributed by atoms with Crippen LogP contribution in [0.4, 0.5) is 0 Å². The van der Waals surface area contributed by atoms with Crippen molar-refractivity contribution in [1.82, 2.24) is 10.6 Å². The summed E-state index contributed by atoms with van der Waals surface area (Å²) in [6.45, 7) is 9.46. The van der Waals surface area contributed by atoms with E-state index in [2.05, 4.69) is 10.6 Å². The van der Waals surface area contributed by atoms with Gasteiger partial charge in [-0.05, 0) is 44.4 Å². The Hall–Kier alpha value is -1.79. The lowest BCUT2D eigenvalue weighted by Crippen LogP contribution is -2.47. The van der Waals surface area contributed by atoms with Gasteiger partial charge in [-0.2, -0.15) is 0 Å². The number of carbonyl (C=O) groups is 2. The molecule has 0 saturated heterocycles. The second-order valence-electron chi connectivity index (χ2n) is 6.51. The minimum absolute atomic E-state index is 0. The molecule has 0 radical (unpaired) electrons. The van der Waals surface area contributed by atoms with E-state index in [1.54, 1.807) is 0 Å². The average Bonchev–Trinajstić information content (AvgIpc) is 2.51. The summed E-state index contributed by atoms with van der Waals surface area (Å²) in [5.41, 5.74) is 6.69. The van der Waals surface area contributed by atoms with Gasteiger partial charge in [0, 0.05) is 0 Å². The average molecular weight is 372 g/mol. The van der Waals surface area contributed by atoms with E-state index in [0.29, 0.717) is 0 Å². The summed E-state index contributed by atoms with van der Waals surface area (Å²) in [4.78, 5) is 23.7. The number of nitrogens with two attached hydrogens (primary N) is 1. The monoisotopic (exact) mass is 371 g/mol. The van der Waals surface area contributed by atoms with Crippen molar-refractivity contribution in [2.75, 3.05) is 6.54 Å². The molecule has 0 aromatic heterocycles. The summed E-state index contributed by atoms with van der Waals surface area (Å²) in [5, 5.41) is 5.40. The Balaban J connectivity index is 0.00000576. The molecule has 0 fully saturated rings. The second-order valence-corrected chi connectivity index (χ2v) is 6.51. The van der Waals surface area contributed by atoms with Crippen molar-refractivity contribution >= 4 is 24.2 Å². The summed E-state index contributed by atoms with van der Waals surface area (Å²) in [7, 11) is 0. The largest absolute Gasteiger partial charge is 0.491 e. The predicted molar refractivity (Wildman–Crippen MR) is 102 cm³/mol. The third kappa shape index (κ3) is 8.23. The fourth-order valence-electron chi connectivity index (χ4n) is 2.07. The molecule has 6 nitrogen and oxygen atoms in total. The van der Waals surface area contributed by atoms with Crippen LogP contribution in [0.1, 0.15) is 46.2 Å². The van der Waals surface area contributed by atoms with E-state index < -0.39 is 6.04 Å². The Morgan fingerprint density at radius 2 is 1.64 bits per heavy atom. The Bertz CT molecular complexity index is 547. The quantitative estimate of drug-likeness (QED) is 0.652. The van der Waals surface area contributed by atoms with Gasteiger partial charge in [-0.1, -0.05) is 26.0 Å². The Morgan fingerprint density at radius 1 is 1.08 bits per heavy atom. The highest BCUT2D eigenvalue weighted by Gasteiger charge is 2.18. The first-order valence-corrected chi connectivity index (χ1v) is 8.30. The summed E-state index contributed by atoms with van der Waals surface area (Å²) in [6, 6.07) is 6.80. The van der Waals surface area contributed by atoms with Gasteiger partial charge in [0.15, 0.2) is 0 Å². The van der Waals surface area contributed by atoms with Crippen LogP contribution in [-0.2, 0) is 9.59 Å². The van der Waals surface area contributed by atoms with Crippen LogP contribution >= 0.6 is 12.4 Å². The zero-order chi connectivity index (χ0) is 18.3. The molecule has 4 N–H and O–H groups in total. The fraction of sp³-hybridized carbons (Fsp3) is 0.556. The van der Waals surface area contributed by atoms with Crippen LogP contribution in [-0.4, -0.2) is 30.5 Å². The number of rotatable bonds is 8. The van der Waals surface area contributed by atoms with Gasteiger partial charge in [0.1, 0.15) is 5.75 Å². The van der Waals surface area contributed by atoms with Gasteiger partial charge in [-0.3, -0.25) is 9.59 Å². The Morgan fingerprint density at radius 3 is 2.12 bits per heavy atom. The molecule has 0 spiro atoms. The maximum atomic E-state index is 11.9. The number of hydrogen-bond acceptors (Lipinski definition) is 4. The van der Waals surface area contributed by atoms with E-state index in [1.165, 1.54) is 0 Å². The third-order valence-electron chi connectivity index (χ3n) is 3.57. The van der Waals surface area contributed by atoms with Crippen LogP contribution in [0.25, 0.3) is 0 Å². The molecule has 1 aromatic rings. The van der Waals surface area contributed by atoms with Crippen LogP contribution in [0.3, 0.4) is 0 Å². The Kier molecular flexibility index (Phi) is 10.2. The highest BCUT2D eigenvalue weighted by Crippen LogP contribution is 2.18. The van der Waals surface area contributed by atoms with Gasteiger partial charge in [0.2, 0.25) is 11.8 Å². The molecule has 0 aliphatic carbocycles. The van der Waals surface area contributed by atoms with Crippen LogP contribution in [0, 0.1) is 5.92 Å². The van der Waals surface area contributed by atoms with E-state index in [1.807, 2.05) is 58.9 Å². The number of hydrogen-bond donors (Lipinski definition) is 3. The zero-order valence-electron chi connectivity index (χ0n) is 15.5. The molecule has 2 atom stereocenters. The molecule has 0 aliphatic rings. The van der Waals surface area contributed by atoms with Crippen molar-refractivity contribution in [3.05, 3.63) is 29.8 Å². The second kappa shape index (κ2) is 10.9. The summed E-state index contributed by atoms with van der Waals surface area (Å²) >= 11 is 0. The van der Waals surface area contributed by atoms with Gasteiger partial charge >= 0.3 is 0 Å². The first-order chi connectivity index (χ1) is 11.2. The topological polar surface area (TPSA) is 93.5 Å². The van der Waals surface area contributed by atoms with Crippen LogP contribution < -0.4 is 21.1 Å². The Labute approximate surface area is 156 Å². The molecule has 0 aliphatic heterocycles. The maximum absolute atomic E-state index is 11.9. The lowest BCUT2D eigenvalue weighted by molar-refractivity contribution is -0.127. The fourth-order valence-corrected chi connectivity index (χ4v) is 2.07. The number of ether oxygens (including phenoxy) is 1. The number of halogens is 1. The molecular formula is C18H30ClN3O3. The minimum atomic E-state index is -0.608. The molecule has 2 amide bonds. The van der Waals surface area contributed by atoms with Crippen molar-refractivity contribution in [3.8, 4) is 5.75 Å². The van der Waals surface area contributed by atoms with Gasteiger partial charge in [-0.15, -0.1) is 12.4 Å². The van der Waals surface area contributed by atoms with E-state index in [4.69, 9.17) is 10.5 Å². The van der Waals surface area contributed by atoms with Crippen molar-refractivity contribution < 1.29 is 14.3 Å². The molecule has 0 bridgehead atoms. The van der Waals surface area contributed by atoms with E-state index in [-0.39, 0.29) is 48.8 Å². The van der Waals surface area contributed by atoms with E-state index >= 15 is 0 Å². The highest BCUT2D eigenvalue weighted by molar-refractivity contribution is 5.87. The minimum Gasteiger partial charge on any atom is -0.491 e. The molecule has 142 valence electrons. The van der Waals surface area contributed by atoms with E-state index in [9.17, 15) is 9.59 Å². The summed E-state index contributed by atoms with van der Waals surface area (Å²) in [6.07, 6.45) is 0.119. The predicted octanol–water partition coefficient (Wildman–Crippen LogP) is 2.17. The highest BCUT2D eigenvalue weighted by atomic mass is 35.5. The molecule has 7 heteroatoms. The lowest BCUT2D eigenvalue weighted by Gasteiger charge is -2.18. The normalized spacial score (nSPS) is 13.0. The molecule has 1 unspecified atom stereocenters.